The van der Waals surface area contributed by atoms with Gasteiger partial charge in [-0.3, -0.25) is 0 Å². The molecule has 0 aliphatic heterocycles. The summed E-state index contributed by atoms with van der Waals surface area (Å²) < 4.78 is 13.4. The zero-order chi connectivity index (χ0) is 12.5. The van der Waals surface area contributed by atoms with E-state index in [0.717, 1.165) is 29.5 Å². The van der Waals surface area contributed by atoms with Gasteiger partial charge in [0.1, 0.15) is 5.82 Å². The van der Waals surface area contributed by atoms with Crippen LogP contribution in [-0.2, 0) is 12.8 Å². The van der Waals surface area contributed by atoms with Crippen molar-refractivity contribution >= 4 is 0 Å². The molecule has 2 aromatic carbocycles. The second-order valence-corrected chi connectivity index (χ2v) is 4.60. The van der Waals surface area contributed by atoms with Crippen LogP contribution in [0.3, 0.4) is 0 Å². The van der Waals surface area contributed by atoms with Crippen LogP contribution in [0.25, 0.3) is 0 Å². The maximum Gasteiger partial charge on any atom is 0.123 e. The van der Waals surface area contributed by atoms with Gasteiger partial charge in [0.2, 0.25) is 0 Å². The molecule has 3 rings (SSSR count). The zero-order valence-electron chi connectivity index (χ0n) is 9.86. The van der Waals surface area contributed by atoms with Crippen molar-refractivity contribution in [1.29, 1.82) is 5.26 Å². The Morgan fingerprint density at radius 3 is 2.50 bits per heavy atom. The minimum Gasteiger partial charge on any atom is -0.207 e. The molecule has 0 unspecified atom stereocenters. The maximum atomic E-state index is 13.4. The molecule has 2 heteroatoms. The summed E-state index contributed by atoms with van der Waals surface area (Å²) in [6.07, 6.45) is 1.78. The molecular formula is C16H12FN. The number of halogens is 1. The molecule has 0 spiro atoms. The smallest absolute Gasteiger partial charge is 0.123 e. The molecule has 0 N–H and O–H groups in total. The first-order chi connectivity index (χ1) is 8.79. The number of aryl methyl sites for hydroxylation is 2. The topological polar surface area (TPSA) is 23.8 Å². The number of fused-ring (bicyclic) bond motifs is 2. The highest BCUT2D eigenvalue weighted by molar-refractivity contribution is 5.48. The van der Waals surface area contributed by atoms with Crippen molar-refractivity contribution in [2.24, 2.45) is 0 Å². The molecule has 0 saturated heterocycles. The molecule has 88 valence electrons. The summed E-state index contributed by atoms with van der Waals surface area (Å²) in [5, 5.41) is 9.43. The van der Waals surface area contributed by atoms with Gasteiger partial charge in [-0.1, -0.05) is 30.3 Å². The van der Waals surface area contributed by atoms with Crippen molar-refractivity contribution in [2.45, 2.75) is 18.8 Å². The third-order valence-electron chi connectivity index (χ3n) is 3.58. The largest absolute Gasteiger partial charge is 0.207 e. The summed E-state index contributed by atoms with van der Waals surface area (Å²) in [5.74, 6) is -0.622. The zero-order valence-corrected chi connectivity index (χ0v) is 9.86. The molecule has 1 aliphatic carbocycles. The van der Waals surface area contributed by atoms with Crippen molar-refractivity contribution in [1.82, 2.24) is 0 Å². The van der Waals surface area contributed by atoms with Crippen LogP contribution in [0.15, 0.2) is 42.5 Å². The van der Waals surface area contributed by atoms with Gasteiger partial charge in [0.25, 0.3) is 0 Å². The van der Waals surface area contributed by atoms with Gasteiger partial charge in [-0.05, 0) is 47.2 Å². The van der Waals surface area contributed by atoms with Gasteiger partial charge < -0.3 is 0 Å². The first kappa shape index (κ1) is 11.0. The highest BCUT2D eigenvalue weighted by Crippen LogP contribution is 2.34. The Hall–Kier alpha value is -2.14. The minimum atomic E-state index is -0.352. The second kappa shape index (κ2) is 4.27. The number of rotatable bonds is 0. The molecule has 1 nitrogen and oxygen atoms in total. The van der Waals surface area contributed by atoms with Gasteiger partial charge in [-0.2, -0.15) is 5.26 Å². The van der Waals surface area contributed by atoms with Crippen molar-refractivity contribution in [3.05, 3.63) is 70.5 Å². The average Bonchev–Trinajstić information content (AvgIpc) is 2.54. The van der Waals surface area contributed by atoms with Gasteiger partial charge in [-0.15, -0.1) is 0 Å². The molecule has 0 radical (unpaired) electrons. The molecule has 0 aromatic heterocycles. The van der Waals surface area contributed by atoms with E-state index in [0.29, 0.717) is 0 Å². The molecule has 1 atom stereocenters. The number of nitrogens with zero attached hydrogens (tertiary/aromatic N) is 1. The predicted molar refractivity (Wildman–Crippen MR) is 67.7 cm³/mol. The van der Waals surface area contributed by atoms with Crippen LogP contribution in [0.4, 0.5) is 4.39 Å². The van der Waals surface area contributed by atoms with Gasteiger partial charge >= 0.3 is 0 Å². The standard InChI is InChI=1S/C16H12FN/c17-13-8-7-12-6-5-11-3-1-2-4-14(11)16(10-18)15(12)9-13/h1-4,7-9,16H,5-6H2/t16-/m0/s1. The third-order valence-corrected chi connectivity index (χ3v) is 3.58. The second-order valence-electron chi connectivity index (χ2n) is 4.60. The van der Waals surface area contributed by atoms with Crippen LogP contribution in [0.5, 0.6) is 0 Å². The maximum absolute atomic E-state index is 13.4. The monoisotopic (exact) mass is 237 g/mol. The lowest BCUT2D eigenvalue weighted by Gasteiger charge is -2.12. The number of hydrogen-bond acceptors (Lipinski definition) is 1. The Bertz CT molecular complexity index is 640. The van der Waals surface area contributed by atoms with Crippen LogP contribution >= 0.6 is 0 Å². The lowest BCUT2D eigenvalue weighted by atomic mass is 9.89. The van der Waals surface area contributed by atoms with E-state index < -0.39 is 0 Å². The van der Waals surface area contributed by atoms with E-state index >= 15 is 0 Å². The highest BCUT2D eigenvalue weighted by atomic mass is 19.1. The molecule has 0 fully saturated rings. The lowest BCUT2D eigenvalue weighted by molar-refractivity contribution is 0.624. The van der Waals surface area contributed by atoms with E-state index in [4.69, 9.17) is 0 Å². The van der Waals surface area contributed by atoms with Crippen LogP contribution in [0, 0.1) is 17.1 Å². The van der Waals surface area contributed by atoms with E-state index in [1.807, 2.05) is 18.2 Å². The summed E-state index contributed by atoms with van der Waals surface area (Å²) in [6.45, 7) is 0. The summed E-state index contributed by atoms with van der Waals surface area (Å²) in [6, 6.07) is 15.1. The summed E-state index contributed by atoms with van der Waals surface area (Å²) in [7, 11) is 0. The Morgan fingerprint density at radius 1 is 1.00 bits per heavy atom. The third kappa shape index (κ3) is 1.69. The molecule has 2 aromatic rings. The molecular weight excluding hydrogens is 225 g/mol. The van der Waals surface area contributed by atoms with Gasteiger partial charge in [0.15, 0.2) is 0 Å². The Labute approximate surface area is 106 Å². The van der Waals surface area contributed by atoms with Crippen LogP contribution < -0.4 is 0 Å². The fourth-order valence-electron chi connectivity index (χ4n) is 2.68. The number of benzene rings is 2. The molecule has 0 heterocycles. The van der Waals surface area contributed by atoms with Crippen molar-refractivity contribution in [2.75, 3.05) is 0 Å². The first-order valence-corrected chi connectivity index (χ1v) is 6.05. The normalized spacial score (nSPS) is 17.2. The van der Waals surface area contributed by atoms with Crippen LogP contribution in [0.1, 0.15) is 28.2 Å². The van der Waals surface area contributed by atoms with Crippen LogP contribution in [-0.4, -0.2) is 0 Å². The number of hydrogen-bond donors (Lipinski definition) is 0. The quantitative estimate of drug-likeness (QED) is 0.687. The lowest BCUT2D eigenvalue weighted by Crippen LogP contribution is -2.01. The van der Waals surface area contributed by atoms with Gasteiger partial charge in [0, 0.05) is 0 Å². The molecule has 0 bridgehead atoms. The molecule has 0 amide bonds. The van der Waals surface area contributed by atoms with E-state index in [-0.39, 0.29) is 11.7 Å². The van der Waals surface area contributed by atoms with Crippen molar-refractivity contribution in [3.8, 4) is 6.07 Å². The molecule has 18 heavy (non-hydrogen) atoms. The van der Waals surface area contributed by atoms with Crippen molar-refractivity contribution in [3.63, 3.8) is 0 Å². The summed E-state index contributed by atoms with van der Waals surface area (Å²) in [4.78, 5) is 0. The van der Waals surface area contributed by atoms with E-state index in [9.17, 15) is 9.65 Å². The molecule has 1 aliphatic rings. The minimum absolute atomic E-state index is 0.270. The number of nitriles is 1. The first-order valence-electron chi connectivity index (χ1n) is 6.05. The predicted octanol–water partition coefficient (Wildman–Crippen LogP) is 3.58. The van der Waals surface area contributed by atoms with Crippen molar-refractivity contribution < 1.29 is 4.39 Å². The van der Waals surface area contributed by atoms with E-state index in [2.05, 4.69) is 12.1 Å². The van der Waals surface area contributed by atoms with E-state index in [1.165, 1.54) is 17.7 Å². The van der Waals surface area contributed by atoms with Crippen LogP contribution in [0.2, 0.25) is 0 Å². The van der Waals surface area contributed by atoms with Gasteiger partial charge in [0.05, 0.1) is 12.0 Å². The van der Waals surface area contributed by atoms with E-state index in [1.54, 1.807) is 6.07 Å². The Kier molecular flexibility index (Phi) is 2.60. The fraction of sp³-hybridized carbons (Fsp3) is 0.188. The Balaban J connectivity index is 2.24. The SMILES string of the molecule is N#C[C@H]1c2ccccc2CCc2ccc(F)cc21. The average molecular weight is 237 g/mol. The highest BCUT2D eigenvalue weighted by Gasteiger charge is 2.23. The summed E-state index contributed by atoms with van der Waals surface area (Å²) >= 11 is 0. The molecule has 0 saturated carbocycles. The Morgan fingerprint density at radius 2 is 1.72 bits per heavy atom. The van der Waals surface area contributed by atoms with Gasteiger partial charge in [-0.25, -0.2) is 4.39 Å². The summed E-state index contributed by atoms with van der Waals surface area (Å²) in [5.41, 5.74) is 4.12. The fourth-order valence-corrected chi connectivity index (χ4v) is 2.68.